The molecule has 7 rings (SSSR count). The van der Waals surface area contributed by atoms with E-state index >= 15 is 0 Å². The third kappa shape index (κ3) is 12.5. The summed E-state index contributed by atoms with van der Waals surface area (Å²) in [4.78, 5) is 24.4. The fourth-order valence-electron chi connectivity index (χ4n) is 5.23. The lowest BCUT2D eigenvalue weighted by Gasteiger charge is -2.27. The van der Waals surface area contributed by atoms with E-state index in [1.54, 1.807) is 50.2 Å². The maximum absolute atomic E-state index is 12.3. The molecule has 0 radical (unpaired) electrons. The van der Waals surface area contributed by atoms with Crippen molar-refractivity contribution in [3.05, 3.63) is 148 Å². The topological polar surface area (TPSA) is 188 Å². The lowest BCUT2D eigenvalue weighted by molar-refractivity contribution is 0.0425. The molecule has 2 atom stereocenters. The van der Waals surface area contributed by atoms with E-state index in [1.807, 2.05) is 67.6 Å². The number of ether oxygens (including phenoxy) is 5. The van der Waals surface area contributed by atoms with Gasteiger partial charge in [0.1, 0.15) is 25.9 Å². The standard InChI is InChI=1S/C18H18O5.C15H14O4.C10H12O4S.CH4/c1-12-15(18(20)22-10-13-5-3-2-4-6-13)7-8-16-17(12)23-14(9-19)11-21-16;1-10-12(7-8-13(16)14(10)17)15(18)19-9-11-5-3-2-4-6-11;1-8-2-4-10(5-3-8)15(11,12)14-7-9-6-13-9;/h2-8,14,19H,9-11H2,1H3;2-8,16-17H,9H2,1H3;2-5,9H,6-7H2,1H3;1H4/t14-;;9-;/m0.1./s1. The van der Waals surface area contributed by atoms with Gasteiger partial charge in [-0.3, -0.25) is 4.18 Å². The summed E-state index contributed by atoms with van der Waals surface area (Å²) < 4.78 is 54.6. The first-order valence-electron chi connectivity index (χ1n) is 17.9. The van der Waals surface area contributed by atoms with Gasteiger partial charge in [-0.15, -0.1) is 0 Å². The van der Waals surface area contributed by atoms with Crippen LogP contribution in [0.4, 0.5) is 0 Å². The lowest BCUT2D eigenvalue weighted by Crippen LogP contribution is -2.32. The van der Waals surface area contributed by atoms with Gasteiger partial charge in [0.2, 0.25) is 0 Å². The summed E-state index contributed by atoms with van der Waals surface area (Å²) in [5.74, 6) is -0.428. The molecule has 2 aliphatic heterocycles. The van der Waals surface area contributed by atoms with Crippen LogP contribution < -0.4 is 9.47 Å². The summed E-state index contributed by atoms with van der Waals surface area (Å²) in [6.07, 6.45) is -0.470. The monoisotopic (exact) mass is 816 g/mol. The van der Waals surface area contributed by atoms with Crippen LogP contribution in [0.25, 0.3) is 0 Å². The number of esters is 2. The average molecular weight is 817 g/mol. The number of rotatable bonds is 11. The highest BCUT2D eigenvalue weighted by Gasteiger charge is 2.27. The van der Waals surface area contributed by atoms with Gasteiger partial charge in [0.05, 0.1) is 35.8 Å². The first kappa shape index (κ1) is 44.8. The van der Waals surface area contributed by atoms with Gasteiger partial charge in [-0.05, 0) is 68.3 Å². The van der Waals surface area contributed by atoms with E-state index in [9.17, 15) is 33.3 Å². The minimum Gasteiger partial charge on any atom is -0.504 e. The number of epoxide rings is 1. The van der Waals surface area contributed by atoms with Crippen LogP contribution in [0.2, 0.25) is 0 Å². The zero-order chi connectivity index (χ0) is 41.0. The van der Waals surface area contributed by atoms with Crippen LogP contribution in [0.5, 0.6) is 23.0 Å². The van der Waals surface area contributed by atoms with Crippen LogP contribution in [0, 0.1) is 20.8 Å². The minimum atomic E-state index is -3.61. The number of carbonyl (C=O) groups excluding carboxylic acids is 2. The Kier molecular flexibility index (Phi) is 16.2. The van der Waals surface area contributed by atoms with Crippen LogP contribution in [0.1, 0.15) is 56.0 Å². The number of aryl methyl sites for hydroxylation is 1. The summed E-state index contributed by atoms with van der Waals surface area (Å²) in [7, 11) is -3.61. The second-order valence-corrected chi connectivity index (χ2v) is 14.7. The summed E-state index contributed by atoms with van der Waals surface area (Å²) in [6.45, 7) is 6.46. The van der Waals surface area contributed by atoms with Crippen molar-refractivity contribution in [1.29, 1.82) is 0 Å². The molecular formula is C44H48O13S. The van der Waals surface area contributed by atoms with E-state index in [2.05, 4.69) is 0 Å². The Bertz CT molecular complexity index is 2220. The molecule has 2 aliphatic rings. The predicted octanol–water partition coefficient (Wildman–Crippen LogP) is 6.98. The Morgan fingerprint density at radius 2 is 1.24 bits per heavy atom. The van der Waals surface area contributed by atoms with Crippen molar-refractivity contribution in [3.8, 4) is 23.0 Å². The molecule has 0 spiro atoms. The van der Waals surface area contributed by atoms with Crippen molar-refractivity contribution in [3.63, 3.8) is 0 Å². The molecule has 2 heterocycles. The van der Waals surface area contributed by atoms with Gasteiger partial charge in [-0.2, -0.15) is 8.42 Å². The van der Waals surface area contributed by atoms with Crippen LogP contribution >= 0.6 is 0 Å². The molecule has 1 saturated heterocycles. The molecule has 14 heteroatoms. The van der Waals surface area contributed by atoms with E-state index in [0.717, 1.165) is 16.7 Å². The van der Waals surface area contributed by atoms with Crippen LogP contribution in [0.15, 0.2) is 114 Å². The highest BCUT2D eigenvalue weighted by Crippen LogP contribution is 2.37. The Morgan fingerprint density at radius 1 is 0.707 bits per heavy atom. The van der Waals surface area contributed by atoms with Gasteiger partial charge in [-0.25, -0.2) is 9.59 Å². The van der Waals surface area contributed by atoms with Gasteiger partial charge in [0.25, 0.3) is 10.1 Å². The molecule has 13 nitrogen and oxygen atoms in total. The molecule has 0 aromatic heterocycles. The van der Waals surface area contributed by atoms with Crippen molar-refractivity contribution in [2.75, 3.05) is 26.4 Å². The zero-order valence-corrected chi connectivity index (χ0v) is 32.4. The van der Waals surface area contributed by atoms with E-state index in [1.165, 1.54) is 12.1 Å². The second kappa shape index (κ2) is 21.0. The molecule has 0 unspecified atom stereocenters. The molecule has 0 aliphatic carbocycles. The fraction of sp³-hybridized carbons (Fsp3) is 0.273. The number of fused-ring (bicyclic) bond motifs is 1. The van der Waals surface area contributed by atoms with Crippen molar-refractivity contribution in [1.82, 2.24) is 0 Å². The van der Waals surface area contributed by atoms with Gasteiger partial charge in [0.15, 0.2) is 29.1 Å². The summed E-state index contributed by atoms with van der Waals surface area (Å²) in [5, 5.41) is 28.1. The number of aromatic hydroxyl groups is 2. The van der Waals surface area contributed by atoms with Gasteiger partial charge in [0, 0.05) is 11.1 Å². The first-order chi connectivity index (χ1) is 27.4. The van der Waals surface area contributed by atoms with E-state index < -0.39 is 28.2 Å². The summed E-state index contributed by atoms with van der Waals surface area (Å²) >= 11 is 0. The number of aliphatic hydroxyl groups excluding tert-OH is 1. The Morgan fingerprint density at radius 3 is 1.78 bits per heavy atom. The number of aliphatic hydroxyl groups is 1. The summed E-state index contributed by atoms with van der Waals surface area (Å²) in [5.41, 5.74) is 4.46. The molecular weight excluding hydrogens is 769 g/mol. The molecule has 0 bridgehead atoms. The fourth-order valence-corrected chi connectivity index (χ4v) is 6.17. The zero-order valence-electron chi connectivity index (χ0n) is 31.6. The molecule has 5 aromatic carbocycles. The Balaban J connectivity index is 0.000000195. The van der Waals surface area contributed by atoms with Crippen molar-refractivity contribution in [2.45, 2.75) is 58.5 Å². The number of phenols is 2. The number of benzene rings is 5. The van der Waals surface area contributed by atoms with Gasteiger partial charge in [-0.1, -0.05) is 85.8 Å². The van der Waals surface area contributed by atoms with Crippen molar-refractivity contribution >= 4 is 22.1 Å². The average Bonchev–Trinajstić information content (AvgIpc) is 4.07. The third-order valence-electron chi connectivity index (χ3n) is 8.68. The Hall–Kier alpha value is -5.93. The smallest absolute Gasteiger partial charge is 0.338 e. The van der Waals surface area contributed by atoms with Crippen LogP contribution in [-0.4, -0.2) is 74.3 Å². The molecule has 5 aromatic rings. The van der Waals surface area contributed by atoms with Crippen LogP contribution in [0.3, 0.4) is 0 Å². The largest absolute Gasteiger partial charge is 0.504 e. The molecule has 0 saturated carbocycles. The van der Waals surface area contributed by atoms with Crippen molar-refractivity contribution < 1.29 is 61.2 Å². The maximum atomic E-state index is 12.3. The van der Waals surface area contributed by atoms with E-state index in [0.29, 0.717) is 41.4 Å². The van der Waals surface area contributed by atoms with Gasteiger partial charge < -0.3 is 39.0 Å². The maximum Gasteiger partial charge on any atom is 0.338 e. The molecule has 58 heavy (non-hydrogen) atoms. The van der Waals surface area contributed by atoms with Crippen molar-refractivity contribution in [2.24, 2.45) is 0 Å². The molecule has 1 fully saturated rings. The normalized spacial score (nSPS) is 14.9. The quantitative estimate of drug-likeness (QED) is 0.0537. The molecule has 308 valence electrons. The highest BCUT2D eigenvalue weighted by molar-refractivity contribution is 7.86. The van der Waals surface area contributed by atoms with Gasteiger partial charge >= 0.3 is 11.9 Å². The van der Waals surface area contributed by atoms with Crippen LogP contribution in [-0.2, 0) is 41.7 Å². The second-order valence-electron chi connectivity index (χ2n) is 13.0. The summed E-state index contributed by atoms with van der Waals surface area (Å²) in [6, 6.07) is 31.4. The molecule has 0 amide bonds. The number of phenolic OH excluding ortho intramolecular Hbond substituents is 2. The number of hydrogen-bond acceptors (Lipinski definition) is 13. The number of hydrogen-bond donors (Lipinski definition) is 3. The number of carbonyl (C=O) groups is 2. The SMILES string of the molecule is C.Cc1c(C(=O)OCc2ccccc2)ccc(O)c1O.Cc1c(C(=O)OCc2ccccc2)ccc2c1O[C@@H](CO)CO2.Cc1ccc(S(=O)(=O)OC[C@H]2CO2)cc1. The van der Waals surface area contributed by atoms with E-state index in [-0.39, 0.29) is 61.9 Å². The first-order valence-corrected chi connectivity index (χ1v) is 19.3. The lowest BCUT2D eigenvalue weighted by atomic mass is 10.1. The highest BCUT2D eigenvalue weighted by atomic mass is 32.2. The Labute approximate surface area is 338 Å². The molecule has 3 N–H and O–H groups in total. The van der Waals surface area contributed by atoms with E-state index in [4.69, 9.17) is 27.9 Å². The third-order valence-corrected chi connectivity index (χ3v) is 9.97. The minimum absolute atomic E-state index is 0. The predicted molar refractivity (Wildman–Crippen MR) is 215 cm³/mol.